The maximum absolute atomic E-state index is 9.27. The average molecular weight is 324 g/mol. The van der Waals surface area contributed by atoms with Crippen LogP contribution < -0.4 is 5.32 Å². The van der Waals surface area contributed by atoms with E-state index in [0.29, 0.717) is 6.04 Å². The highest BCUT2D eigenvalue weighted by Gasteiger charge is 2.06. The molecule has 0 saturated carbocycles. The zero-order valence-corrected chi connectivity index (χ0v) is 12.5. The van der Waals surface area contributed by atoms with Gasteiger partial charge in [0.2, 0.25) is 0 Å². The fourth-order valence-electron chi connectivity index (χ4n) is 1.95. The van der Waals surface area contributed by atoms with Crippen molar-refractivity contribution in [3.8, 4) is 0 Å². The summed E-state index contributed by atoms with van der Waals surface area (Å²) in [6.07, 6.45) is 3.74. The summed E-state index contributed by atoms with van der Waals surface area (Å²) in [5.74, 6) is 0. The predicted molar refractivity (Wildman–Crippen MR) is 78.6 cm³/mol. The van der Waals surface area contributed by atoms with E-state index in [1.165, 1.54) is 0 Å². The minimum atomic E-state index is 0.0817. The van der Waals surface area contributed by atoms with E-state index < -0.39 is 0 Å². The van der Waals surface area contributed by atoms with Gasteiger partial charge in [-0.25, -0.2) is 0 Å². The third kappa shape index (κ3) is 4.16. The first-order chi connectivity index (χ1) is 9.19. The molecule has 2 N–H and O–H groups in total. The molecular weight excluding hydrogens is 306 g/mol. The van der Waals surface area contributed by atoms with Crippen LogP contribution in [0, 0.1) is 0 Å². The van der Waals surface area contributed by atoms with Crippen molar-refractivity contribution in [2.75, 3.05) is 0 Å². The molecule has 1 unspecified atom stereocenters. The molecule has 2 aromatic rings. The molecule has 0 aliphatic carbocycles. The van der Waals surface area contributed by atoms with Gasteiger partial charge in [-0.1, -0.05) is 24.3 Å². The van der Waals surface area contributed by atoms with E-state index in [-0.39, 0.29) is 6.61 Å². The number of rotatable bonds is 6. The van der Waals surface area contributed by atoms with Crippen LogP contribution in [0.5, 0.6) is 0 Å². The largest absolute Gasteiger partial charge is 0.392 e. The molecule has 0 saturated heterocycles. The van der Waals surface area contributed by atoms with Crippen LogP contribution in [0.15, 0.2) is 41.1 Å². The first-order valence-electron chi connectivity index (χ1n) is 6.28. The van der Waals surface area contributed by atoms with Crippen molar-refractivity contribution < 1.29 is 5.11 Å². The Balaban J connectivity index is 1.87. The van der Waals surface area contributed by atoms with Gasteiger partial charge in [0, 0.05) is 18.8 Å². The third-order valence-corrected chi connectivity index (χ3v) is 3.40. The van der Waals surface area contributed by atoms with Gasteiger partial charge < -0.3 is 10.4 Å². The second-order valence-corrected chi connectivity index (χ2v) is 5.51. The summed E-state index contributed by atoms with van der Waals surface area (Å²) in [6, 6.07) is 8.23. The van der Waals surface area contributed by atoms with Gasteiger partial charge in [0.25, 0.3) is 0 Å². The molecular formula is C14H18BrN3O. The van der Waals surface area contributed by atoms with Crippen LogP contribution in [0.2, 0.25) is 0 Å². The van der Waals surface area contributed by atoms with Crippen LogP contribution in [0.3, 0.4) is 0 Å². The van der Waals surface area contributed by atoms with E-state index in [0.717, 1.165) is 28.7 Å². The maximum atomic E-state index is 9.27. The van der Waals surface area contributed by atoms with Crippen LogP contribution in [-0.2, 0) is 19.7 Å². The van der Waals surface area contributed by atoms with Crippen molar-refractivity contribution >= 4 is 15.9 Å². The fraction of sp³-hybridized carbons (Fsp3) is 0.357. The number of hydrogen-bond donors (Lipinski definition) is 2. The second kappa shape index (κ2) is 6.84. The van der Waals surface area contributed by atoms with E-state index in [1.807, 2.05) is 35.1 Å². The monoisotopic (exact) mass is 323 g/mol. The number of nitrogens with zero attached hydrogens (tertiary/aromatic N) is 2. The van der Waals surface area contributed by atoms with E-state index in [1.54, 1.807) is 6.20 Å². The Hall–Kier alpha value is -1.17. The first-order valence-corrected chi connectivity index (χ1v) is 7.07. The molecule has 5 heteroatoms. The van der Waals surface area contributed by atoms with Crippen LogP contribution in [0.25, 0.3) is 0 Å². The quantitative estimate of drug-likeness (QED) is 0.857. The Morgan fingerprint density at radius 1 is 1.37 bits per heavy atom. The smallest absolute Gasteiger partial charge is 0.0685 e. The van der Waals surface area contributed by atoms with Crippen LogP contribution in [0.4, 0.5) is 0 Å². The van der Waals surface area contributed by atoms with Gasteiger partial charge in [0.05, 0.1) is 23.8 Å². The molecule has 0 aliphatic heterocycles. The van der Waals surface area contributed by atoms with E-state index in [4.69, 9.17) is 0 Å². The van der Waals surface area contributed by atoms with Crippen molar-refractivity contribution in [3.05, 3.63) is 52.3 Å². The molecule has 1 aromatic heterocycles. The molecule has 1 atom stereocenters. The summed E-state index contributed by atoms with van der Waals surface area (Å²) in [7, 11) is 0. The summed E-state index contributed by atoms with van der Waals surface area (Å²) in [6.45, 7) is 3.77. The van der Waals surface area contributed by atoms with Crippen molar-refractivity contribution in [3.63, 3.8) is 0 Å². The second-order valence-electron chi connectivity index (χ2n) is 4.59. The summed E-state index contributed by atoms with van der Waals surface area (Å²) < 4.78 is 2.89. The summed E-state index contributed by atoms with van der Waals surface area (Å²) in [5, 5.41) is 17.0. The molecule has 4 nitrogen and oxygen atoms in total. The van der Waals surface area contributed by atoms with Gasteiger partial charge in [-0.15, -0.1) is 0 Å². The highest BCUT2D eigenvalue weighted by Crippen LogP contribution is 2.09. The Morgan fingerprint density at radius 3 is 2.74 bits per heavy atom. The lowest BCUT2D eigenvalue weighted by Crippen LogP contribution is -2.30. The summed E-state index contributed by atoms with van der Waals surface area (Å²) in [5.41, 5.74) is 2.11. The lowest BCUT2D eigenvalue weighted by Gasteiger charge is -2.15. The third-order valence-electron chi connectivity index (χ3n) is 2.99. The standard InChI is InChI=1S/C14H18BrN3O/c1-11(8-18-9-14(15)7-17-18)16-6-12-4-2-3-5-13(12)10-19/h2-5,7,9,11,16,19H,6,8,10H2,1H3. The zero-order chi connectivity index (χ0) is 13.7. The van der Waals surface area contributed by atoms with Gasteiger partial charge in [-0.2, -0.15) is 5.10 Å². The average Bonchev–Trinajstić information content (AvgIpc) is 2.82. The SMILES string of the molecule is CC(Cn1cc(Br)cn1)NCc1ccccc1CO. The number of nitrogens with one attached hydrogen (secondary N) is 1. The molecule has 1 heterocycles. The maximum Gasteiger partial charge on any atom is 0.0685 e. The predicted octanol–water partition coefficient (Wildman–Crippen LogP) is 2.32. The van der Waals surface area contributed by atoms with Crippen LogP contribution in [0.1, 0.15) is 18.1 Å². The Kier molecular flexibility index (Phi) is 5.13. The summed E-state index contributed by atoms with van der Waals surface area (Å²) in [4.78, 5) is 0. The van der Waals surface area contributed by atoms with Gasteiger partial charge in [-0.05, 0) is 34.0 Å². The number of aliphatic hydroxyl groups excluding tert-OH is 1. The number of benzene rings is 1. The number of halogens is 1. The Labute approximate surface area is 121 Å². The van der Waals surface area contributed by atoms with Crippen LogP contribution >= 0.6 is 15.9 Å². The minimum absolute atomic E-state index is 0.0817. The van der Waals surface area contributed by atoms with E-state index in [9.17, 15) is 5.11 Å². The molecule has 0 bridgehead atoms. The molecule has 0 amide bonds. The van der Waals surface area contributed by atoms with E-state index >= 15 is 0 Å². The molecule has 102 valence electrons. The number of hydrogen-bond acceptors (Lipinski definition) is 3. The van der Waals surface area contributed by atoms with Crippen LogP contribution in [-0.4, -0.2) is 20.9 Å². The molecule has 0 aliphatic rings. The molecule has 0 radical (unpaired) electrons. The van der Waals surface area contributed by atoms with Crippen molar-refractivity contribution in [1.29, 1.82) is 0 Å². The summed E-state index contributed by atoms with van der Waals surface area (Å²) >= 11 is 3.39. The highest BCUT2D eigenvalue weighted by atomic mass is 79.9. The highest BCUT2D eigenvalue weighted by molar-refractivity contribution is 9.10. The minimum Gasteiger partial charge on any atom is -0.392 e. The van der Waals surface area contributed by atoms with Crippen molar-refractivity contribution in [1.82, 2.24) is 15.1 Å². The Morgan fingerprint density at radius 2 is 2.11 bits per heavy atom. The molecule has 2 rings (SSSR count). The Bertz CT molecular complexity index is 527. The van der Waals surface area contributed by atoms with Crippen molar-refractivity contribution in [2.45, 2.75) is 32.7 Å². The lowest BCUT2D eigenvalue weighted by atomic mass is 10.1. The van der Waals surface area contributed by atoms with Gasteiger partial charge in [0.1, 0.15) is 0 Å². The number of aromatic nitrogens is 2. The topological polar surface area (TPSA) is 50.1 Å². The van der Waals surface area contributed by atoms with Gasteiger partial charge in [0.15, 0.2) is 0 Å². The first kappa shape index (κ1) is 14.2. The van der Waals surface area contributed by atoms with Gasteiger partial charge in [-0.3, -0.25) is 4.68 Å². The molecule has 1 aromatic carbocycles. The van der Waals surface area contributed by atoms with Gasteiger partial charge >= 0.3 is 0 Å². The normalized spacial score (nSPS) is 12.6. The number of aliphatic hydroxyl groups is 1. The lowest BCUT2D eigenvalue weighted by molar-refractivity contribution is 0.280. The fourth-order valence-corrected chi connectivity index (χ4v) is 2.28. The molecule has 19 heavy (non-hydrogen) atoms. The van der Waals surface area contributed by atoms with E-state index in [2.05, 4.69) is 33.3 Å². The molecule has 0 fully saturated rings. The zero-order valence-electron chi connectivity index (χ0n) is 10.9. The van der Waals surface area contributed by atoms with Crippen molar-refractivity contribution in [2.24, 2.45) is 0 Å². The molecule has 0 spiro atoms.